The number of halogens is 4. The van der Waals surface area contributed by atoms with Crippen molar-refractivity contribution in [1.29, 1.82) is 0 Å². The molecule has 2 aromatic heterocycles. The van der Waals surface area contributed by atoms with Crippen LogP contribution in [0.5, 0.6) is 0 Å². The fourth-order valence-electron chi connectivity index (χ4n) is 5.11. The number of ketones is 1. The fraction of sp³-hybridized carbons (Fsp3) is 0.321. The minimum atomic E-state index is -4.57. The number of carbonyl (C=O) groups excluding carboxylic acids is 1. The topological polar surface area (TPSA) is 112 Å². The molecule has 9 nitrogen and oxygen atoms in total. The van der Waals surface area contributed by atoms with Crippen LogP contribution in [0.2, 0.25) is 0 Å². The van der Waals surface area contributed by atoms with Crippen molar-refractivity contribution in [2.75, 3.05) is 6.54 Å². The Morgan fingerprint density at radius 2 is 1.79 bits per heavy atom. The zero-order valence-corrected chi connectivity index (χ0v) is 23.0. The molecular weight excluding hydrogens is 582 g/mol. The summed E-state index contributed by atoms with van der Waals surface area (Å²) >= 11 is 0. The predicted octanol–water partition coefficient (Wildman–Crippen LogP) is 4.28. The number of furan rings is 1. The Hall–Kier alpha value is -4.04. The number of benzene rings is 2. The highest BCUT2D eigenvalue weighted by molar-refractivity contribution is 7.89. The summed E-state index contributed by atoms with van der Waals surface area (Å²) in [6.07, 6.45) is -3.08. The largest absolute Gasteiger partial charge is 0.443 e. The lowest BCUT2D eigenvalue weighted by atomic mass is 10.0. The lowest BCUT2D eigenvalue weighted by Gasteiger charge is -2.22. The summed E-state index contributed by atoms with van der Waals surface area (Å²) in [6, 6.07) is 7.62. The van der Waals surface area contributed by atoms with Gasteiger partial charge in [-0.25, -0.2) is 17.6 Å². The number of rotatable bonds is 8. The van der Waals surface area contributed by atoms with E-state index in [2.05, 4.69) is 0 Å². The average Bonchev–Trinajstić information content (AvgIpc) is 3.61. The van der Waals surface area contributed by atoms with Crippen LogP contribution in [0.3, 0.4) is 0 Å². The number of Topliss-reactive ketones (excluding diaryl/α,β-unsaturated/α-hetero) is 1. The third kappa shape index (κ3) is 5.43. The predicted molar refractivity (Wildman–Crippen MR) is 143 cm³/mol. The number of hydrogen-bond acceptors (Lipinski definition) is 6. The lowest BCUT2D eigenvalue weighted by Crippen LogP contribution is -2.42. The molecule has 0 N–H and O–H groups in total. The maximum atomic E-state index is 13.6. The first kappa shape index (κ1) is 29.5. The highest BCUT2D eigenvalue weighted by Crippen LogP contribution is 2.32. The Kier molecular flexibility index (Phi) is 7.70. The summed E-state index contributed by atoms with van der Waals surface area (Å²) in [6.45, 7) is 1.60. The van der Waals surface area contributed by atoms with Gasteiger partial charge in [-0.3, -0.25) is 18.7 Å². The molecule has 0 radical (unpaired) electrons. The number of hydrogen-bond donors (Lipinski definition) is 0. The minimum Gasteiger partial charge on any atom is -0.443 e. The molecule has 0 aliphatic carbocycles. The van der Waals surface area contributed by atoms with Crippen molar-refractivity contribution in [3.8, 4) is 5.69 Å². The number of aromatic nitrogens is 2. The van der Waals surface area contributed by atoms with E-state index in [0.29, 0.717) is 6.42 Å². The maximum Gasteiger partial charge on any atom is 0.416 e. The lowest BCUT2D eigenvalue weighted by molar-refractivity contribution is -0.137. The van der Waals surface area contributed by atoms with Crippen LogP contribution in [0, 0.1) is 5.82 Å². The summed E-state index contributed by atoms with van der Waals surface area (Å²) < 4.78 is 87.7. The van der Waals surface area contributed by atoms with E-state index in [1.807, 2.05) is 0 Å². The Morgan fingerprint density at radius 3 is 2.45 bits per heavy atom. The number of alkyl halides is 3. The first-order chi connectivity index (χ1) is 19.8. The van der Waals surface area contributed by atoms with Gasteiger partial charge in [0.25, 0.3) is 15.6 Å². The van der Waals surface area contributed by atoms with Gasteiger partial charge in [-0.05, 0) is 68.7 Å². The van der Waals surface area contributed by atoms with E-state index in [0.717, 1.165) is 49.8 Å². The van der Waals surface area contributed by atoms with Crippen LogP contribution >= 0.6 is 0 Å². The molecule has 1 saturated heterocycles. The van der Waals surface area contributed by atoms with Crippen LogP contribution in [-0.2, 0) is 34.0 Å². The quantitative estimate of drug-likeness (QED) is 0.277. The molecule has 0 bridgehead atoms. The highest BCUT2D eigenvalue weighted by Gasteiger charge is 2.40. The van der Waals surface area contributed by atoms with Gasteiger partial charge in [-0.1, -0.05) is 0 Å². The van der Waals surface area contributed by atoms with E-state index in [-0.39, 0.29) is 54.6 Å². The van der Waals surface area contributed by atoms with Gasteiger partial charge in [0.15, 0.2) is 5.78 Å². The average molecular weight is 608 g/mol. The van der Waals surface area contributed by atoms with Gasteiger partial charge in [0.2, 0.25) is 5.09 Å². The molecular formula is C28H25F4N3O6S. The standard InChI is InChI=1S/C28H25F4N3O6S/c1-2-33-26(37)17(16-34(27(33)38)21-9-6-19(7-10-21)28(30,31)32)5-11-23(36)22-4-3-13-35(22)42(39,40)25-15-18-14-20(29)8-12-24(18)41-25/h6-10,12,14-16,22H,2-5,11,13H2,1H3/t22-/m0/s1. The van der Waals surface area contributed by atoms with E-state index < -0.39 is 55.7 Å². The Bertz CT molecular complexity index is 1890. The van der Waals surface area contributed by atoms with Crippen LogP contribution in [0.4, 0.5) is 17.6 Å². The van der Waals surface area contributed by atoms with Crippen molar-refractivity contribution >= 4 is 26.8 Å². The second-order valence-electron chi connectivity index (χ2n) is 9.89. The first-order valence-electron chi connectivity index (χ1n) is 13.1. The zero-order chi connectivity index (χ0) is 30.4. The van der Waals surface area contributed by atoms with Crippen molar-refractivity contribution in [2.24, 2.45) is 0 Å². The van der Waals surface area contributed by atoms with Crippen molar-refractivity contribution in [2.45, 2.75) is 56.5 Å². The molecule has 2 aromatic carbocycles. The molecule has 1 fully saturated rings. The summed E-state index contributed by atoms with van der Waals surface area (Å²) in [5, 5.41) is -0.164. The van der Waals surface area contributed by atoms with E-state index in [1.54, 1.807) is 6.92 Å². The molecule has 0 amide bonds. The van der Waals surface area contributed by atoms with Crippen LogP contribution < -0.4 is 11.2 Å². The molecule has 0 spiro atoms. The van der Waals surface area contributed by atoms with E-state index in [1.165, 1.54) is 18.3 Å². The summed E-state index contributed by atoms with van der Waals surface area (Å²) in [5.74, 6) is -1.01. The summed E-state index contributed by atoms with van der Waals surface area (Å²) in [7, 11) is -4.24. The SMILES string of the molecule is CCn1c(=O)c(CCC(=O)[C@@H]2CCCN2S(=O)(=O)c2cc3cc(F)ccc3o2)cn(-c2ccc(C(F)(F)F)cc2)c1=O. The number of sulfonamides is 1. The monoisotopic (exact) mass is 607 g/mol. The molecule has 42 heavy (non-hydrogen) atoms. The number of carbonyl (C=O) groups is 1. The minimum absolute atomic E-state index is 0.0177. The van der Waals surface area contributed by atoms with E-state index in [9.17, 15) is 40.4 Å². The molecule has 14 heteroatoms. The smallest absolute Gasteiger partial charge is 0.416 e. The van der Waals surface area contributed by atoms with Crippen molar-refractivity contribution in [1.82, 2.24) is 13.4 Å². The number of aryl methyl sites for hydroxylation is 1. The van der Waals surface area contributed by atoms with Gasteiger partial charge >= 0.3 is 11.9 Å². The molecule has 1 aliphatic heterocycles. The van der Waals surface area contributed by atoms with Crippen molar-refractivity contribution in [3.05, 3.63) is 92.5 Å². The van der Waals surface area contributed by atoms with Crippen LogP contribution in [0.15, 0.2) is 73.8 Å². The molecule has 3 heterocycles. The molecule has 222 valence electrons. The Labute approximate surface area is 236 Å². The first-order valence-corrected chi connectivity index (χ1v) is 14.5. The van der Waals surface area contributed by atoms with Gasteiger partial charge in [0, 0.05) is 42.7 Å². The Balaban J connectivity index is 1.39. The molecule has 0 unspecified atom stereocenters. The molecule has 0 saturated carbocycles. The van der Waals surface area contributed by atoms with Crippen molar-refractivity contribution in [3.63, 3.8) is 0 Å². The normalized spacial score (nSPS) is 16.4. The van der Waals surface area contributed by atoms with E-state index >= 15 is 0 Å². The van der Waals surface area contributed by atoms with Gasteiger partial charge in [-0.2, -0.15) is 17.5 Å². The van der Waals surface area contributed by atoms with Crippen LogP contribution in [-0.4, -0.2) is 40.2 Å². The van der Waals surface area contributed by atoms with Gasteiger partial charge in [0.1, 0.15) is 11.4 Å². The number of fused-ring (bicyclic) bond motifs is 1. The molecule has 5 rings (SSSR count). The third-order valence-corrected chi connectivity index (χ3v) is 9.03. The highest BCUT2D eigenvalue weighted by atomic mass is 32.2. The van der Waals surface area contributed by atoms with Crippen LogP contribution in [0.1, 0.15) is 37.3 Å². The zero-order valence-electron chi connectivity index (χ0n) is 22.2. The molecule has 1 aliphatic rings. The second-order valence-corrected chi connectivity index (χ2v) is 11.7. The second kappa shape index (κ2) is 11.0. The van der Waals surface area contributed by atoms with Crippen LogP contribution in [0.25, 0.3) is 16.7 Å². The van der Waals surface area contributed by atoms with E-state index in [4.69, 9.17) is 4.42 Å². The molecule has 4 aromatic rings. The van der Waals surface area contributed by atoms with Crippen molar-refractivity contribution < 1.29 is 35.2 Å². The fourth-order valence-corrected chi connectivity index (χ4v) is 6.74. The van der Waals surface area contributed by atoms with Gasteiger partial charge < -0.3 is 4.42 Å². The third-order valence-electron chi connectivity index (χ3n) is 7.27. The maximum absolute atomic E-state index is 13.6. The number of nitrogens with zero attached hydrogens (tertiary/aromatic N) is 3. The van der Waals surface area contributed by atoms with Gasteiger partial charge in [-0.15, -0.1) is 0 Å². The summed E-state index contributed by atoms with van der Waals surface area (Å²) in [4.78, 5) is 39.2. The Morgan fingerprint density at radius 1 is 1.07 bits per heavy atom. The molecule has 1 atom stereocenters. The summed E-state index contributed by atoms with van der Waals surface area (Å²) in [5.41, 5.74) is -1.97. The van der Waals surface area contributed by atoms with Gasteiger partial charge in [0.05, 0.1) is 17.3 Å².